The number of piperidine rings is 1. The number of amides is 1. The molecule has 5 nitrogen and oxygen atoms in total. The van der Waals surface area contributed by atoms with Crippen molar-refractivity contribution in [3.63, 3.8) is 0 Å². The fourth-order valence-electron chi connectivity index (χ4n) is 4.96. The fraction of sp³-hybridized carbons (Fsp3) is 0.667. The summed E-state index contributed by atoms with van der Waals surface area (Å²) in [6, 6.07) is 5.97. The van der Waals surface area contributed by atoms with E-state index < -0.39 is 10.0 Å². The Labute approximate surface area is 162 Å². The molecule has 1 aliphatic heterocycles. The number of hydrogen-bond donors (Lipinski definition) is 0. The van der Waals surface area contributed by atoms with Crippen molar-refractivity contribution >= 4 is 15.9 Å². The van der Waals surface area contributed by atoms with E-state index in [1.54, 1.807) is 10.4 Å². The summed E-state index contributed by atoms with van der Waals surface area (Å²) < 4.78 is 27.6. The molecule has 1 aromatic rings. The zero-order valence-electron chi connectivity index (χ0n) is 16.2. The molecule has 148 valence electrons. The SMILES string of the molecule is CN(C(=O)C1CCN(S(=O)(=O)c2ccc3c(c2)CCC3)CC1)C1CCCC1. The molecule has 6 heteroatoms. The zero-order valence-corrected chi connectivity index (χ0v) is 17.0. The van der Waals surface area contributed by atoms with Crippen LogP contribution in [-0.4, -0.2) is 49.7 Å². The van der Waals surface area contributed by atoms with E-state index in [-0.39, 0.29) is 11.8 Å². The second kappa shape index (κ2) is 7.55. The third-order valence-corrected chi connectivity index (χ3v) is 8.63. The number of hydrogen-bond acceptors (Lipinski definition) is 3. The van der Waals surface area contributed by atoms with E-state index in [0.717, 1.165) is 32.1 Å². The molecule has 0 atom stereocenters. The summed E-state index contributed by atoms with van der Waals surface area (Å²) >= 11 is 0. The van der Waals surface area contributed by atoms with E-state index in [2.05, 4.69) is 0 Å². The van der Waals surface area contributed by atoms with Gasteiger partial charge in [0, 0.05) is 32.1 Å². The van der Waals surface area contributed by atoms with Gasteiger partial charge in [-0.05, 0) is 68.2 Å². The maximum absolute atomic E-state index is 13.0. The largest absolute Gasteiger partial charge is 0.343 e. The molecule has 1 heterocycles. The highest BCUT2D eigenvalue weighted by Crippen LogP contribution is 2.30. The number of aryl methyl sites for hydroxylation is 2. The van der Waals surface area contributed by atoms with E-state index in [9.17, 15) is 13.2 Å². The number of benzene rings is 1. The topological polar surface area (TPSA) is 57.7 Å². The van der Waals surface area contributed by atoms with Crippen LogP contribution in [0.3, 0.4) is 0 Å². The molecule has 1 saturated carbocycles. The average Bonchev–Trinajstić information content (AvgIpc) is 3.38. The first kappa shape index (κ1) is 18.9. The summed E-state index contributed by atoms with van der Waals surface area (Å²) in [5.41, 5.74) is 2.47. The lowest BCUT2D eigenvalue weighted by molar-refractivity contribution is -0.137. The third kappa shape index (κ3) is 3.66. The summed E-state index contributed by atoms with van der Waals surface area (Å²) in [7, 11) is -1.54. The second-order valence-electron chi connectivity index (χ2n) is 8.35. The van der Waals surface area contributed by atoms with Crippen molar-refractivity contribution in [2.75, 3.05) is 20.1 Å². The summed E-state index contributed by atoms with van der Waals surface area (Å²) in [5, 5.41) is 0. The van der Waals surface area contributed by atoms with Gasteiger partial charge in [-0.1, -0.05) is 18.9 Å². The van der Waals surface area contributed by atoms with Gasteiger partial charge in [0.2, 0.25) is 15.9 Å². The predicted molar refractivity (Wildman–Crippen MR) is 105 cm³/mol. The lowest BCUT2D eigenvalue weighted by atomic mass is 9.96. The minimum absolute atomic E-state index is 0.0397. The highest BCUT2D eigenvalue weighted by Gasteiger charge is 2.35. The molecule has 2 aliphatic carbocycles. The molecule has 4 rings (SSSR count). The van der Waals surface area contributed by atoms with Crippen LogP contribution in [0, 0.1) is 5.92 Å². The molecule has 27 heavy (non-hydrogen) atoms. The number of carbonyl (C=O) groups excluding carboxylic acids is 1. The van der Waals surface area contributed by atoms with E-state index >= 15 is 0 Å². The normalized spacial score (nSPS) is 22.1. The van der Waals surface area contributed by atoms with Crippen LogP contribution in [-0.2, 0) is 27.7 Å². The Morgan fingerprint density at radius 1 is 1.00 bits per heavy atom. The first-order valence-electron chi connectivity index (χ1n) is 10.4. The summed E-state index contributed by atoms with van der Waals surface area (Å²) in [6.45, 7) is 0.878. The Hall–Kier alpha value is -1.40. The van der Waals surface area contributed by atoms with E-state index in [1.807, 2.05) is 24.1 Å². The van der Waals surface area contributed by atoms with Crippen molar-refractivity contribution in [2.45, 2.75) is 68.7 Å². The maximum Gasteiger partial charge on any atom is 0.243 e. The van der Waals surface area contributed by atoms with Crippen LogP contribution >= 0.6 is 0 Å². The first-order chi connectivity index (χ1) is 13.0. The number of sulfonamides is 1. The van der Waals surface area contributed by atoms with Crippen molar-refractivity contribution in [1.29, 1.82) is 0 Å². The quantitative estimate of drug-likeness (QED) is 0.794. The van der Waals surface area contributed by atoms with Gasteiger partial charge in [-0.2, -0.15) is 4.31 Å². The molecule has 0 unspecified atom stereocenters. The van der Waals surface area contributed by atoms with Crippen molar-refractivity contribution in [2.24, 2.45) is 5.92 Å². The van der Waals surface area contributed by atoms with Crippen LogP contribution in [0.2, 0.25) is 0 Å². The maximum atomic E-state index is 13.0. The van der Waals surface area contributed by atoms with Gasteiger partial charge in [-0.15, -0.1) is 0 Å². The van der Waals surface area contributed by atoms with Crippen LogP contribution < -0.4 is 0 Å². The number of nitrogens with zero attached hydrogens (tertiary/aromatic N) is 2. The summed E-state index contributed by atoms with van der Waals surface area (Å²) in [4.78, 5) is 15.1. The molecular formula is C21H30N2O3S. The highest BCUT2D eigenvalue weighted by atomic mass is 32.2. The van der Waals surface area contributed by atoms with Crippen molar-refractivity contribution < 1.29 is 13.2 Å². The van der Waals surface area contributed by atoms with Crippen molar-refractivity contribution in [3.05, 3.63) is 29.3 Å². The van der Waals surface area contributed by atoms with Gasteiger partial charge in [0.25, 0.3) is 0 Å². The van der Waals surface area contributed by atoms with E-state index in [0.29, 0.717) is 36.9 Å². The fourth-order valence-corrected chi connectivity index (χ4v) is 6.48. The minimum atomic E-state index is -3.46. The number of fused-ring (bicyclic) bond motifs is 1. The average molecular weight is 391 g/mol. The van der Waals surface area contributed by atoms with Gasteiger partial charge in [-0.3, -0.25) is 4.79 Å². The van der Waals surface area contributed by atoms with Gasteiger partial charge in [-0.25, -0.2) is 8.42 Å². The molecule has 2 fully saturated rings. The van der Waals surface area contributed by atoms with Crippen LogP contribution in [0.5, 0.6) is 0 Å². The Balaban J connectivity index is 1.40. The molecule has 3 aliphatic rings. The standard InChI is InChI=1S/C21H30N2O3S/c1-22(19-7-2-3-8-19)21(24)17-11-13-23(14-12-17)27(25,26)20-10-9-16-5-4-6-18(16)15-20/h9-10,15,17,19H,2-8,11-14H2,1H3. The molecule has 1 saturated heterocycles. The van der Waals surface area contributed by atoms with Crippen molar-refractivity contribution in [1.82, 2.24) is 9.21 Å². The van der Waals surface area contributed by atoms with Crippen LogP contribution in [0.25, 0.3) is 0 Å². The Morgan fingerprint density at radius 3 is 2.37 bits per heavy atom. The Morgan fingerprint density at radius 2 is 1.67 bits per heavy atom. The Bertz CT molecular complexity index is 807. The van der Waals surface area contributed by atoms with Crippen molar-refractivity contribution in [3.8, 4) is 0 Å². The summed E-state index contributed by atoms with van der Waals surface area (Å²) in [5.74, 6) is 0.165. The van der Waals surface area contributed by atoms with Gasteiger partial charge in [0.15, 0.2) is 0 Å². The monoisotopic (exact) mass is 390 g/mol. The zero-order chi connectivity index (χ0) is 19.0. The van der Waals surface area contributed by atoms with Crippen LogP contribution in [0.1, 0.15) is 56.1 Å². The first-order valence-corrected chi connectivity index (χ1v) is 11.8. The number of carbonyl (C=O) groups is 1. The second-order valence-corrected chi connectivity index (χ2v) is 10.3. The number of rotatable bonds is 4. The molecule has 0 aromatic heterocycles. The minimum Gasteiger partial charge on any atom is -0.343 e. The molecule has 1 amide bonds. The van der Waals surface area contributed by atoms with Gasteiger partial charge >= 0.3 is 0 Å². The molecule has 0 spiro atoms. The van der Waals surface area contributed by atoms with Crippen LogP contribution in [0.15, 0.2) is 23.1 Å². The van der Waals surface area contributed by atoms with E-state index in [1.165, 1.54) is 24.0 Å². The molecule has 0 N–H and O–H groups in total. The molecular weight excluding hydrogens is 360 g/mol. The smallest absolute Gasteiger partial charge is 0.243 e. The van der Waals surface area contributed by atoms with Gasteiger partial charge in [0.1, 0.15) is 0 Å². The molecule has 0 bridgehead atoms. The molecule has 0 radical (unpaired) electrons. The predicted octanol–water partition coefficient (Wildman–Crippen LogP) is 2.98. The molecule has 1 aromatic carbocycles. The van der Waals surface area contributed by atoms with E-state index in [4.69, 9.17) is 0 Å². The van der Waals surface area contributed by atoms with Gasteiger partial charge < -0.3 is 4.90 Å². The highest BCUT2D eigenvalue weighted by molar-refractivity contribution is 7.89. The lowest BCUT2D eigenvalue weighted by Gasteiger charge is -2.34. The van der Waals surface area contributed by atoms with Crippen LogP contribution in [0.4, 0.5) is 0 Å². The summed E-state index contributed by atoms with van der Waals surface area (Å²) in [6.07, 6.45) is 9.02. The lowest BCUT2D eigenvalue weighted by Crippen LogP contribution is -2.45. The third-order valence-electron chi connectivity index (χ3n) is 6.73. The van der Waals surface area contributed by atoms with Gasteiger partial charge in [0.05, 0.1) is 4.90 Å². The Kier molecular flexibility index (Phi) is 5.30.